The summed E-state index contributed by atoms with van der Waals surface area (Å²) in [5, 5.41) is 2.98. The van der Waals surface area contributed by atoms with Crippen LogP contribution >= 0.6 is 0 Å². The fraction of sp³-hybridized carbons (Fsp3) is 0.550. The molecule has 5 nitrogen and oxygen atoms in total. The maximum atomic E-state index is 12.8. The number of amides is 2. The lowest BCUT2D eigenvalue weighted by atomic mass is 9.93. The number of likely N-dealkylation sites (tertiary alicyclic amines) is 1. The highest BCUT2D eigenvalue weighted by atomic mass is 16.2. The van der Waals surface area contributed by atoms with E-state index in [1.807, 2.05) is 31.2 Å². The van der Waals surface area contributed by atoms with E-state index in [4.69, 9.17) is 0 Å². The van der Waals surface area contributed by atoms with Crippen LogP contribution in [0.2, 0.25) is 0 Å². The minimum atomic E-state index is -0.302. The van der Waals surface area contributed by atoms with Gasteiger partial charge in [-0.3, -0.25) is 9.59 Å². The summed E-state index contributed by atoms with van der Waals surface area (Å²) < 4.78 is 0. The van der Waals surface area contributed by atoms with Gasteiger partial charge in [0.15, 0.2) is 0 Å². The number of rotatable bonds is 5. The standard InChI is InChI=1S/C20H26N2O3/c1-14-7-9-15(10-8-14)12-21-19(24)17-5-2-6-18(17)20(25)22-11-3-4-16(22)13-23/h7-10,13,16-18H,2-6,11-12H2,1H3,(H,21,24)/t16-,17?,18?/m0/s1. The van der Waals surface area contributed by atoms with Gasteiger partial charge in [0.1, 0.15) is 6.29 Å². The van der Waals surface area contributed by atoms with E-state index in [0.717, 1.165) is 44.0 Å². The predicted molar refractivity (Wildman–Crippen MR) is 94.7 cm³/mol. The fourth-order valence-corrected chi connectivity index (χ4v) is 4.02. The molecule has 1 aromatic rings. The van der Waals surface area contributed by atoms with Crippen LogP contribution in [0.5, 0.6) is 0 Å². The first-order valence-corrected chi connectivity index (χ1v) is 9.19. The summed E-state index contributed by atoms with van der Waals surface area (Å²) in [4.78, 5) is 38.3. The van der Waals surface area contributed by atoms with Crippen molar-refractivity contribution in [3.63, 3.8) is 0 Å². The third kappa shape index (κ3) is 3.91. The molecule has 25 heavy (non-hydrogen) atoms. The van der Waals surface area contributed by atoms with Crippen molar-refractivity contribution in [2.75, 3.05) is 6.54 Å². The third-order valence-corrected chi connectivity index (χ3v) is 5.50. The molecular formula is C20H26N2O3. The zero-order valence-electron chi connectivity index (χ0n) is 14.7. The molecular weight excluding hydrogens is 316 g/mol. The molecule has 2 amide bonds. The molecule has 1 aromatic carbocycles. The van der Waals surface area contributed by atoms with Gasteiger partial charge in [0.2, 0.25) is 11.8 Å². The Morgan fingerprint density at radius 2 is 1.84 bits per heavy atom. The molecule has 5 heteroatoms. The molecule has 134 valence electrons. The Balaban J connectivity index is 1.60. The Labute approximate surface area is 148 Å². The fourth-order valence-electron chi connectivity index (χ4n) is 4.02. The van der Waals surface area contributed by atoms with Gasteiger partial charge in [-0.05, 0) is 38.2 Å². The lowest BCUT2D eigenvalue weighted by molar-refractivity contribution is -0.142. The SMILES string of the molecule is Cc1ccc(CNC(=O)C2CCCC2C(=O)N2CCC[C@H]2C=O)cc1. The van der Waals surface area contributed by atoms with Gasteiger partial charge in [-0.2, -0.15) is 0 Å². The van der Waals surface area contributed by atoms with E-state index in [1.54, 1.807) is 4.90 Å². The van der Waals surface area contributed by atoms with Gasteiger partial charge < -0.3 is 15.0 Å². The lowest BCUT2D eigenvalue weighted by Crippen LogP contribution is -2.44. The second kappa shape index (κ2) is 7.81. The monoisotopic (exact) mass is 342 g/mol. The van der Waals surface area contributed by atoms with Crippen LogP contribution in [0.1, 0.15) is 43.2 Å². The second-order valence-corrected chi connectivity index (χ2v) is 7.22. The van der Waals surface area contributed by atoms with Crippen LogP contribution in [0.25, 0.3) is 0 Å². The van der Waals surface area contributed by atoms with E-state index in [9.17, 15) is 14.4 Å². The van der Waals surface area contributed by atoms with E-state index in [0.29, 0.717) is 13.1 Å². The van der Waals surface area contributed by atoms with Crippen LogP contribution in [0.4, 0.5) is 0 Å². The van der Waals surface area contributed by atoms with Crippen LogP contribution < -0.4 is 5.32 Å². The van der Waals surface area contributed by atoms with E-state index >= 15 is 0 Å². The minimum absolute atomic E-state index is 0.0115. The number of nitrogens with one attached hydrogen (secondary N) is 1. The van der Waals surface area contributed by atoms with Gasteiger partial charge >= 0.3 is 0 Å². The summed E-state index contributed by atoms with van der Waals surface area (Å²) in [6, 6.07) is 7.76. The Morgan fingerprint density at radius 1 is 1.12 bits per heavy atom. The van der Waals surface area contributed by atoms with Crippen molar-refractivity contribution in [2.45, 2.75) is 51.6 Å². The second-order valence-electron chi connectivity index (χ2n) is 7.22. The van der Waals surface area contributed by atoms with Gasteiger partial charge in [-0.25, -0.2) is 0 Å². The molecule has 3 atom stereocenters. The van der Waals surface area contributed by atoms with E-state index in [-0.39, 0.29) is 29.7 Å². The molecule has 1 N–H and O–H groups in total. The number of hydrogen-bond donors (Lipinski definition) is 1. The summed E-state index contributed by atoms with van der Waals surface area (Å²) in [7, 11) is 0. The molecule has 0 aromatic heterocycles. The van der Waals surface area contributed by atoms with Crippen molar-refractivity contribution in [2.24, 2.45) is 11.8 Å². The predicted octanol–water partition coefficient (Wildman–Crippen LogP) is 2.22. The topological polar surface area (TPSA) is 66.5 Å². The molecule has 2 aliphatic rings. The van der Waals surface area contributed by atoms with Gasteiger partial charge in [0, 0.05) is 24.9 Å². The molecule has 0 spiro atoms. The van der Waals surface area contributed by atoms with Crippen molar-refractivity contribution >= 4 is 18.1 Å². The van der Waals surface area contributed by atoms with E-state index in [1.165, 1.54) is 5.56 Å². The smallest absolute Gasteiger partial charge is 0.227 e. The molecule has 2 unspecified atom stereocenters. The largest absolute Gasteiger partial charge is 0.352 e. The average molecular weight is 342 g/mol. The Morgan fingerprint density at radius 3 is 2.56 bits per heavy atom. The zero-order chi connectivity index (χ0) is 17.8. The van der Waals surface area contributed by atoms with Crippen molar-refractivity contribution in [3.05, 3.63) is 35.4 Å². The molecule has 0 bridgehead atoms. The number of carbonyl (C=O) groups excluding carboxylic acids is 3. The first kappa shape index (κ1) is 17.6. The Kier molecular flexibility index (Phi) is 5.51. The molecule has 1 heterocycles. The maximum absolute atomic E-state index is 12.8. The molecule has 1 saturated heterocycles. The maximum Gasteiger partial charge on any atom is 0.227 e. The normalized spacial score (nSPS) is 25.8. The van der Waals surface area contributed by atoms with E-state index in [2.05, 4.69) is 5.32 Å². The van der Waals surface area contributed by atoms with Crippen LogP contribution in [-0.4, -0.2) is 35.6 Å². The number of aryl methyl sites for hydroxylation is 1. The number of nitrogens with zero attached hydrogens (tertiary/aromatic N) is 1. The summed E-state index contributed by atoms with van der Waals surface area (Å²) in [5.74, 6) is -0.606. The summed E-state index contributed by atoms with van der Waals surface area (Å²) in [6.45, 7) is 3.15. The van der Waals surface area contributed by atoms with Crippen molar-refractivity contribution in [1.29, 1.82) is 0 Å². The molecule has 3 rings (SSSR count). The molecule has 0 radical (unpaired) electrons. The molecule has 1 aliphatic heterocycles. The van der Waals surface area contributed by atoms with Crippen molar-refractivity contribution in [3.8, 4) is 0 Å². The number of carbonyl (C=O) groups is 3. The summed E-state index contributed by atoms with van der Waals surface area (Å²) >= 11 is 0. The molecule has 2 fully saturated rings. The number of aldehydes is 1. The minimum Gasteiger partial charge on any atom is -0.352 e. The highest BCUT2D eigenvalue weighted by molar-refractivity contribution is 5.89. The van der Waals surface area contributed by atoms with E-state index < -0.39 is 0 Å². The highest BCUT2D eigenvalue weighted by Gasteiger charge is 2.42. The van der Waals surface area contributed by atoms with Gasteiger partial charge in [0.05, 0.1) is 6.04 Å². The Bertz CT molecular complexity index is 641. The third-order valence-electron chi connectivity index (χ3n) is 5.50. The van der Waals surface area contributed by atoms with Crippen molar-refractivity contribution < 1.29 is 14.4 Å². The molecule has 1 aliphatic carbocycles. The first-order valence-electron chi connectivity index (χ1n) is 9.19. The van der Waals surface area contributed by atoms with Gasteiger partial charge in [-0.15, -0.1) is 0 Å². The molecule has 1 saturated carbocycles. The number of benzene rings is 1. The van der Waals surface area contributed by atoms with Gasteiger partial charge in [0.25, 0.3) is 0 Å². The first-order chi connectivity index (χ1) is 12.1. The zero-order valence-corrected chi connectivity index (χ0v) is 14.7. The lowest BCUT2D eigenvalue weighted by Gasteiger charge is -2.27. The average Bonchev–Trinajstić information content (AvgIpc) is 3.29. The van der Waals surface area contributed by atoms with Crippen LogP contribution in [0.3, 0.4) is 0 Å². The van der Waals surface area contributed by atoms with Gasteiger partial charge in [-0.1, -0.05) is 36.2 Å². The summed E-state index contributed by atoms with van der Waals surface area (Å²) in [6.07, 6.45) is 4.85. The highest BCUT2D eigenvalue weighted by Crippen LogP contribution is 2.35. The Hall–Kier alpha value is -2.17. The number of hydrogen-bond acceptors (Lipinski definition) is 3. The van der Waals surface area contributed by atoms with Crippen LogP contribution in [0.15, 0.2) is 24.3 Å². The summed E-state index contributed by atoms with van der Waals surface area (Å²) in [5.41, 5.74) is 2.24. The van der Waals surface area contributed by atoms with Crippen molar-refractivity contribution in [1.82, 2.24) is 10.2 Å². The van der Waals surface area contributed by atoms with Crippen LogP contribution in [-0.2, 0) is 20.9 Å². The quantitative estimate of drug-likeness (QED) is 0.835. The van der Waals surface area contributed by atoms with Crippen LogP contribution in [0, 0.1) is 18.8 Å².